The number of para-hydroxylation sites is 1. The van der Waals surface area contributed by atoms with Gasteiger partial charge < -0.3 is 10.1 Å². The predicted molar refractivity (Wildman–Crippen MR) is 74.2 cm³/mol. The van der Waals surface area contributed by atoms with E-state index in [0.717, 1.165) is 17.3 Å². The molecule has 0 radical (unpaired) electrons. The molecule has 0 aliphatic heterocycles. The van der Waals surface area contributed by atoms with Crippen LogP contribution in [0.25, 0.3) is 0 Å². The van der Waals surface area contributed by atoms with Crippen molar-refractivity contribution in [2.75, 3.05) is 19.0 Å². The summed E-state index contributed by atoms with van der Waals surface area (Å²) in [5, 5.41) is 2.80. The quantitative estimate of drug-likeness (QED) is 0.853. The molecule has 0 aliphatic carbocycles. The maximum Gasteiger partial charge on any atom is 0.257 e. The van der Waals surface area contributed by atoms with E-state index < -0.39 is 5.95 Å². The number of amides is 1. The summed E-state index contributed by atoms with van der Waals surface area (Å²) >= 11 is 0. The van der Waals surface area contributed by atoms with Crippen molar-refractivity contribution in [1.82, 2.24) is 4.98 Å². The normalized spacial score (nSPS) is 10.3. The smallest absolute Gasteiger partial charge is 0.257 e. The molecule has 0 bridgehead atoms. The lowest BCUT2D eigenvalue weighted by Crippen LogP contribution is -2.14. The van der Waals surface area contributed by atoms with Gasteiger partial charge in [-0.2, -0.15) is 4.39 Å². The first-order valence-electron chi connectivity index (χ1n) is 6.20. The van der Waals surface area contributed by atoms with Crippen LogP contribution in [0.5, 0.6) is 0 Å². The molecule has 0 aliphatic rings. The number of ether oxygens (including phenoxy) is 1. The number of rotatable bonds is 5. The Morgan fingerprint density at radius 1 is 1.30 bits per heavy atom. The first-order valence-corrected chi connectivity index (χ1v) is 6.20. The Morgan fingerprint density at radius 3 is 2.80 bits per heavy atom. The maximum absolute atomic E-state index is 12.7. The third-order valence-electron chi connectivity index (χ3n) is 2.83. The van der Waals surface area contributed by atoms with Gasteiger partial charge in [-0.25, -0.2) is 4.98 Å². The van der Waals surface area contributed by atoms with Crippen molar-refractivity contribution in [3.8, 4) is 0 Å². The zero-order chi connectivity index (χ0) is 14.4. The van der Waals surface area contributed by atoms with Crippen LogP contribution in [0.1, 0.15) is 15.9 Å². The highest BCUT2D eigenvalue weighted by Crippen LogP contribution is 2.16. The van der Waals surface area contributed by atoms with E-state index >= 15 is 0 Å². The molecule has 0 saturated heterocycles. The summed E-state index contributed by atoms with van der Waals surface area (Å²) in [6.45, 7) is 0.574. The molecule has 0 atom stereocenters. The van der Waals surface area contributed by atoms with Gasteiger partial charge in [0.1, 0.15) is 0 Å². The molecule has 2 rings (SSSR count). The number of nitrogens with one attached hydrogen (secondary N) is 1. The van der Waals surface area contributed by atoms with E-state index in [1.54, 1.807) is 7.11 Å². The Morgan fingerprint density at radius 2 is 2.10 bits per heavy atom. The van der Waals surface area contributed by atoms with Gasteiger partial charge in [-0.1, -0.05) is 18.2 Å². The fraction of sp³-hybridized carbons (Fsp3) is 0.200. The van der Waals surface area contributed by atoms with E-state index in [9.17, 15) is 9.18 Å². The summed E-state index contributed by atoms with van der Waals surface area (Å²) < 4.78 is 17.8. The monoisotopic (exact) mass is 274 g/mol. The van der Waals surface area contributed by atoms with Crippen molar-refractivity contribution >= 4 is 11.6 Å². The summed E-state index contributed by atoms with van der Waals surface area (Å²) in [6, 6.07) is 10.0. The molecular formula is C15H15FN2O2. The van der Waals surface area contributed by atoms with Crippen LogP contribution in [0.3, 0.4) is 0 Å². The number of hydrogen-bond acceptors (Lipinski definition) is 3. The maximum atomic E-state index is 12.7. The van der Waals surface area contributed by atoms with Gasteiger partial charge in [-0.05, 0) is 30.2 Å². The summed E-state index contributed by atoms with van der Waals surface area (Å²) in [7, 11) is 1.63. The molecule has 1 aromatic carbocycles. The largest absolute Gasteiger partial charge is 0.384 e. The van der Waals surface area contributed by atoms with Crippen molar-refractivity contribution in [3.63, 3.8) is 0 Å². The van der Waals surface area contributed by atoms with Crippen LogP contribution in [0.4, 0.5) is 10.1 Å². The van der Waals surface area contributed by atoms with Gasteiger partial charge in [0.2, 0.25) is 5.95 Å². The van der Waals surface area contributed by atoms with Crippen LogP contribution in [-0.4, -0.2) is 24.6 Å². The molecule has 1 heterocycles. The number of benzene rings is 1. The summed E-state index contributed by atoms with van der Waals surface area (Å²) in [4.78, 5) is 15.5. The van der Waals surface area contributed by atoms with E-state index in [2.05, 4.69) is 10.3 Å². The second-order valence-electron chi connectivity index (χ2n) is 4.22. The number of carbonyl (C=O) groups is 1. The van der Waals surface area contributed by atoms with Gasteiger partial charge in [0.25, 0.3) is 5.91 Å². The van der Waals surface area contributed by atoms with E-state index in [0.29, 0.717) is 18.6 Å². The summed E-state index contributed by atoms with van der Waals surface area (Å²) in [6.07, 6.45) is 1.91. The molecule has 0 fully saturated rings. The van der Waals surface area contributed by atoms with Crippen molar-refractivity contribution in [2.24, 2.45) is 0 Å². The van der Waals surface area contributed by atoms with Crippen LogP contribution < -0.4 is 5.32 Å². The van der Waals surface area contributed by atoms with Crippen molar-refractivity contribution < 1.29 is 13.9 Å². The highest BCUT2D eigenvalue weighted by Gasteiger charge is 2.09. The minimum atomic E-state index is -0.609. The number of carbonyl (C=O) groups excluding carboxylic acids is 1. The van der Waals surface area contributed by atoms with E-state index in [1.807, 2.05) is 24.3 Å². The second kappa shape index (κ2) is 6.77. The van der Waals surface area contributed by atoms with Crippen molar-refractivity contribution in [3.05, 3.63) is 59.7 Å². The fourth-order valence-electron chi connectivity index (χ4n) is 1.78. The summed E-state index contributed by atoms with van der Waals surface area (Å²) in [5.41, 5.74) is 2.02. The molecule has 104 valence electrons. The molecule has 2 aromatic rings. The van der Waals surface area contributed by atoms with Gasteiger partial charge in [-0.3, -0.25) is 4.79 Å². The lowest BCUT2D eigenvalue weighted by atomic mass is 10.1. The van der Waals surface area contributed by atoms with Crippen LogP contribution in [0.15, 0.2) is 42.6 Å². The average Bonchev–Trinajstić information content (AvgIpc) is 2.47. The SMILES string of the molecule is COCCc1ccccc1NC(=O)c1ccc(F)nc1. The van der Waals surface area contributed by atoms with Gasteiger partial charge in [-0.15, -0.1) is 0 Å². The molecule has 20 heavy (non-hydrogen) atoms. The first-order chi connectivity index (χ1) is 9.70. The van der Waals surface area contributed by atoms with E-state index in [1.165, 1.54) is 12.3 Å². The fourth-order valence-corrected chi connectivity index (χ4v) is 1.78. The van der Waals surface area contributed by atoms with Crippen LogP contribution >= 0.6 is 0 Å². The van der Waals surface area contributed by atoms with Crippen LogP contribution in [0.2, 0.25) is 0 Å². The van der Waals surface area contributed by atoms with Gasteiger partial charge in [0.05, 0.1) is 12.2 Å². The lowest BCUT2D eigenvalue weighted by molar-refractivity contribution is 0.102. The molecule has 0 spiro atoms. The molecule has 5 heteroatoms. The molecule has 0 saturated carbocycles. The molecule has 1 N–H and O–H groups in total. The number of nitrogens with zero attached hydrogens (tertiary/aromatic N) is 1. The lowest BCUT2D eigenvalue weighted by Gasteiger charge is -2.10. The Labute approximate surface area is 116 Å². The van der Waals surface area contributed by atoms with E-state index in [-0.39, 0.29) is 5.91 Å². The molecule has 4 nitrogen and oxygen atoms in total. The Kier molecular flexibility index (Phi) is 4.79. The minimum absolute atomic E-state index is 0.313. The van der Waals surface area contributed by atoms with Gasteiger partial charge in [0, 0.05) is 19.0 Å². The molecular weight excluding hydrogens is 259 g/mol. The Hall–Kier alpha value is -2.27. The number of halogens is 1. The second-order valence-corrected chi connectivity index (χ2v) is 4.22. The number of anilines is 1. The number of pyridine rings is 1. The Bertz CT molecular complexity index is 585. The third-order valence-corrected chi connectivity index (χ3v) is 2.83. The topological polar surface area (TPSA) is 51.2 Å². The molecule has 0 unspecified atom stereocenters. The molecule has 1 amide bonds. The van der Waals surface area contributed by atoms with E-state index in [4.69, 9.17) is 4.74 Å². The van der Waals surface area contributed by atoms with Crippen molar-refractivity contribution in [1.29, 1.82) is 0 Å². The molecule has 1 aromatic heterocycles. The number of aromatic nitrogens is 1. The summed E-state index contributed by atoms with van der Waals surface area (Å²) in [5.74, 6) is -0.926. The number of hydrogen-bond donors (Lipinski definition) is 1. The predicted octanol–water partition coefficient (Wildman–Crippen LogP) is 2.66. The average molecular weight is 274 g/mol. The first kappa shape index (κ1) is 14.1. The van der Waals surface area contributed by atoms with Crippen molar-refractivity contribution in [2.45, 2.75) is 6.42 Å². The standard InChI is InChI=1S/C15H15FN2O2/c1-20-9-8-11-4-2-3-5-13(11)18-15(19)12-6-7-14(16)17-10-12/h2-7,10H,8-9H2,1H3,(H,18,19). The minimum Gasteiger partial charge on any atom is -0.384 e. The van der Waals surface area contributed by atoms with Gasteiger partial charge >= 0.3 is 0 Å². The third kappa shape index (κ3) is 3.61. The number of methoxy groups -OCH3 is 1. The zero-order valence-corrected chi connectivity index (χ0v) is 11.1. The zero-order valence-electron chi connectivity index (χ0n) is 11.1. The van der Waals surface area contributed by atoms with Crippen LogP contribution in [0, 0.1) is 5.95 Å². The highest BCUT2D eigenvalue weighted by atomic mass is 19.1. The highest BCUT2D eigenvalue weighted by molar-refractivity contribution is 6.04. The Balaban J connectivity index is 2.13. The van der Waals surface area contributed by atoms with Gasteiger partial charge in [0.15, 0.2) is 0 Å². The van der Waals surface area contributed by atoms with Crippen LogP contribution in [-0.2, 0) is 11.2 Å².